The SMILES string of the molecule is Nc1ccc(OCCOCCOCCOCCOCCOCCOCCOCCOCCOCCOCCOCc2ccccc2)cc1. The molecular weight excluding hydrogens is 626 g/mol. The Bertz CT molecular complexity index is 926. The summed E-state index contributed by atoms with van der Waals surface area (Å²) >= 11 is 0. The smallest absolute Gasteiger partial charge is 0.119 e. The molecule has 0 heterocycles. The van der Waals surface area contributed by atoms with E-state index >= 15 is 0 Å². The molecule has 48 heavy (non-hydrogen) atoms. The lowest BCUT2D eigenvalue weighted by Gasteiger charge is -2.09. The summed E-state index contributed by atoms with van der Waals surface area (Å²) in [4.78, 5) is 0. The van der Waals surface area contributed by atoms with Gasteiger partial charge in [-0.25, -0.2) is 0 Å². The van der Waals surface area contributed by atoms with E-state index in [9.17, 15) is 0 Å². The molecule has 0 fully saturated rings. The lowest BCUT2D eigenvalue weighted by Crippen LogP contribution is -2.15. The zero-order valence-electron chi connectivity index (χ0n) is 28.4. The molecule has 0 saturated carbocycles. The Morgan fingerprint density at radius 1 is 0.312 bits per heavy atom. The minimum absolute atomic E-state index is 0.475. The van der Waals surface area contributed by atoms with E-state index in [0.29, 0.717) is 158 Å². The topological polar surface area (TPSA) is 137 Å². The first kappa shape index (κ1) is 41.8. The van der Waals surface area contributed by atoms with Crippen LogP contribution in [0.3, 0.4) is 0 Å². The fourth-order valence-corrected chi connectivity index (χ4v) is 3.75. The van der Waals surface area contributed by atoms with E-state index in [1.807, 2.05) is 42.5 Å². The summed E-state index contributed by atoms with van der Waals surface area (Å²) in [6, 6.07) is 17.3. The number of nitrogen functional groups attached to an aromatic ring is 1. The fourth-order valence-electron chi connectivity index (χ4n) is 3.75. The van der Waals surface area contributed by atoms with E-state index in [-0.39, 0.29) is 0 Å². The van der Waals surface area contributed by atoms with Gasteiger partial charge in [0.15, 0.2) is 0 Å². The summed E-state index contributed by atoms with van der Waals surface area (Å²) < 4.78 is 66.0. The van der Waals surface area contributed by atoms with Gasteiger partial charge < -0.3 is 62.6 Å². The summed E-state index contributed by atoms with van der Waals surface area (Å²) in [5.41, 5.74) is 7.51. The van der Waals surface area contributed by atoms with Crippen molar-refractivity contribution in [1.82, 2.24) is 0 Å². The summed E-state index contributed by atoms with van der Waals surface area (Å²) in [5, 5.41) is 0. The minimum atomic E-state index is 0.475. The van der Waals surface area contributed by atoms with Gasteiger partial charge in [-0.05, 0) is 29.8 Å². The van der Waals surface area contributed by atoms with Crippen LogP contribution in [0.15, 0.2) is 54.6 Å². The van der Waals surface area contributed by atoms with Crippen LogP contribution in [-0.4, -0.2) is 145 Å². The van der Waals surface area contributed by atoms with Gasteiger partial charge >= 0.3 is 0 Å². The van der Waals surface area contributed by atoms with Crippen LogP contribution in [0.25, 0.3) is 0 Å². The van der Waals surface area contributed by atoms with Gasteiger partial charge in [0.2, 0.25) is 0 Å². The van der Waals surface area contributed by atoms with E-state index in [4.69, 9.17) is 62.6 Å². The van der Waals surface area contributed by atoms with Crippen molar-refractivity contribution in [2.24, 2.45) is 0 Å². The highest BCUT2D eigenvalue weighted by Crippen LogP contribution is 2.12. The maximum Gasteiger partial charge on any atom is 0.119 e. The third-order valence-corrected chi connectivity index (χ3v) is 6.21. The lowest BCUT2D eigenvalue weighted by molar-refractivity contribution is -0.0279. The van der Waals surface area contributed by atoms with Gasteiger partial charge in [-0.1, -0.05) is 30.3 Å². The monoisotopic (exact) mass is 683 g/mol. The van der Waals surface area contributed by atoms with Crippen LogP contribution in [0.2, 0.25) is 0 Å². The van der Waals surface area contributed by atoms with E-state index in [1.54, 1.807) is 12.1 Å². The van der Waals surface area contributed by atoms with Crippen LogP contribution in [0.4, 0.5) is 5.69 Å². The van der Waals surface area contributed by atoms with Gasteiger partial charge in [0, 0.05) is 5.69 Å². The van der Waals surface area contributed by atoms with Gasteiger partial charge in [-0.2, -0.15) is 0 Å². The highest BCUT2D eigenvalue weighted by Gasteiger charge is 1.98. The summed E-state index contributed by atoms with van der Waals surface area (Å²) in [6.07, 6.45) is 0. The van der Waals surface area contributed by atoms with Crippen LogP contribution < -0.4 is 10.5 Å². The molecule has 0 aliphatic rings. The Kier molecular flexibility index (Phi) is 28.8. The zero-order chi connectivity index (χ0) is 33.8. The largest absolute Gasteiger partial charge is 0.491 e. The standard InChI is InChI=1S/C35H57NO12/c36-34-6-8-35(9-7-34)48-31-30-46-27-26-44-23-22-42-19-18-40-15-14-38-11-10-37-12-13-39-16-17-41-20-21-43-24-25-45-28-29-47-32-33-4-2-1-3-5-33/h1-9H,10-32,36H2. The van der Waals surface area contributed by atoms with Gasteiger partial charge in [-0.15, -0.1) is 0 Å². The number of nitrogens with two attached hydrogens (primary N) is 1. The summed E-state index contributed by atoms with van der Waals surface area (Å²) in [5.74, 6) is 0.772. The van der Waals surface area contributed by atoms with Gasteiger partial charge in [0.1, 0.15) is 12.4 Å². The van der Waals surface area contributed by atoms with Gasteiger partial charge in [0.25, 0.3) is 0 Å². The number of benzene rings is 2. The van der Waals surface area contributed by atoms with Crippen LogP contribution in [0.5, 0.6) is 5.75 Å². The zero-order valence-corrected chi connectivity index (χ0v) is 28.4. The molecule has 13 heteroatoms. The second kappa shape index (κ2) is 33.1. The van der Waals surface area contributed by atoms with Crippen LogP contribution in [-0.2, 0) is 58.7 Å². The van der Waals surface area contributed by atoms with Gasteiger partial charge in [-0.3, -0.25) is 0 Å². The first-order valence-electron chi connectivity index (χ1n) is 16.7. The van der Waals surface area contributed by atoms with Crippen molar-refractivity contribution < 1.29 is 56.8 Å². The number of anilines is 1. The Morgan fingerprint density at radius 2 is 0.604 bits per heavy atom. The van der Waals surface area contributed by atoms with Crippen molar-refractivity contribution in [2.75, 3.05) is 151 Å². The van der Waals surface area contributed by atoms with Crippen molar-refractivity contribution in [3.8, 4) is 5.75 Å². The van der Waals surface area contributed by atoms with E-state index < -0.39 is 0 Å². The normalized spacial score (nSPS) is 11.3. The quantitative estimate of drug-likeness (QED) is 0.0833. The maximum atomic E-state index is 5.64. The van der Waals surface area contributed by atoms with Gasteiger partial charge in [0.05, 0.1) is 145 Å². The average molecular weight is 684 g/mol. The minimum Gasteiger partial charge on any atom is -0.491 e. The Labute approximate surface area is 286 Å². The maximum absolute atomic E-state index is 5.64. The first-order valence-corrected chi connectivity index (χ1v) is 16.7. The molecule has 0 bridgehead atoms. The molecule has 274 valence electrons. The van der Waals surface area contributed by atoms with Crippen molar-refractivity contribution in [2.45, 2.75) is 6.61 Å². The second-order valence-corrected chi connectivity index (χ2v) is 10.1. The first-order chi connectivity index (χ1) is 23.8. The third-order valence-electron chi connectivity index (χ3n) is 6.21. The molecule has 0 aromatic heterocycles. The number of rotatable bonds is 36. The van der Waals surface area contributed by atoms with Crippen LogP contribution in [0.1, 0.15) is 5.56 Å². The van der Waals surface area contributed by atoms with Crippen LogP contribution in [0, 0.1) is 0 Å². The Balaban J connectivity index is 1.13. The molecule has 0 radical (unpaired) electrons. The Hall–Kier alpha value is -2.40. The predicted molar refractivity (Wildman–Crippen MR) is 181 cm³/mol. The molecule has 0 aliphatic carbocycles. The van der Waals surface area contributed by atoms with E-state index in [2.05, 4.69) is 0 Å². The molecule has 2 rings (SSSR count). The molecule has 13 nitrogen and oxygen atoms in total. The van der Waals surface area contributed by atoms with Crippen molar-refractivity contribution >= 4 is 5.69 Å². The third kappa shape index (κ3) is 27.5. The molecule has 0 spiro atoms. The molecular formula is C35H57NO12. The second-order valence-electron chi connectivity index (χ2n) is 10.1. The molecule has 0 unspecified atom stereocenters. The molecule has 0 aliphatic heterocycles. The van der Waals surface area contributed by atoms with Crippen LogP contribution >= 0.6 is 0 Å². The molecule has 2 aromatic rings. The Morgan fingerprint density at radius 3 is 0.938 bits per heavy atom. The van der Waals surface area contributed by atoms with E-state index in [1.165, 1.54) is 0 Å². The number of hydrogen-bond donors (Lipinski definition) is 1. The molecule has 0 atom stereocenters. The predicted octanol–water partition coefficient (Wildman–Crippen LogP) is 3.03. The highest BCUT2D eigenvalue weighted by molar-refractivity contribution is 5.41. The number of hydrogen-bond acceptors (Lipinski definition) is 13. The van der Waals surface area contributed by atoms with Crippen molar-refractivity contribution in [3.05, 3.63) is 60.2 Å². The highest BCUT2D eigenvalue weighted by atomic mass is 16.6. The van der Waals surface area contributed by atoms with E-state index in [0.717, 1.165) is 11.3 Å². The van der Waals surface area contributed by atoms with Crippen molar-refractivity contribution in [1.29, 1.82) is 0 Å². The van der Waals surface area contributed by atoms with Crippen molar-refractivity contribution in [3.63, 3.8) is 0 Å². The molecule has 0 saturated heterocycles. The average Bonchev–Trinajstić information content (AvgIpc) is 3.11. The summed E-state index contributed by atoms with van der Waals surface area (Å²) in [7, 11) is 0. The number of ether oxygens (including phenoxy) is 12. The summed E-state index contributed by atoms with van der Waals surface area (Å²) in [6.45, 7) is 11.9. The molecule has 2 N–H and O–H groups in total. The lowest BCUT2D eigenvalue weighted by atomic mass is 10.2. The molecule has 2 aromatic carbocycles. The molecule has 0 amide bonds. The fraction of sp³-hybridized carbons (Fsp3) is 0.657.